The van der Waals surface area contributed by atoms with Crippen LogP contribution in [-0.4, -0.2) is 30.1 Å². The number of benzene rings is 1. The lowest BCUT2D eigenvalue weighted by Gasteiger charge is -2.22. The summed E-state index contributed by atoms with van der Waals surface area (Å²) < 4.78 is 4.71. The molecule has 1 aromatic rings. The van der Waals surface area contributed by atoms with Gasteiger partial charge in [0.2, 0.25) is 5.91 Å². The number of carbonyl (C=O) groups is 2. The van der Waals surface area contributed by atoms with Gasteiger partial charge in [0.15, 0.2) is 6.04 Å². The Hall–Kier alpha value is -2.08. The highest BCUT2D eigenvalue weighted by Gasteiger charge is 2.27. The molecular formula is C15H22N2O4. The second kappa shape index (κ2) is 7.64. The Balaban J connectivity index is 2.92. The standard InChI is InChI=1S/C15H22N2O4/c1-4-9(2)12(16)14(19)17-13(15(20)21-3)10-5-7-11(18)8-6-10/h5-9,12-13,18H,4,16H2,1-3H3,(H,17,19)/t9-,12-,13?/m0/s1. The van der Waals surface area contributed by atoms with Crippen LogP contribution >= 0.6 is 0 Å². The maximum Gasteiger partial charge on any atom is 0.333 e. The van der Waals surface area contributed by atoms with E-state index in [0.29, 0.717) is 5.56 Å². The number of nitrogens with one attached hydrogen (secondary N) is 1. The van der Waals surface area contributed by atoms with Gasteiger partial charge in [0, 0.05) is 0 Å². The number of esters is 1. The fourth-order valence-corrected chi connectivity index (χ4v) is 1.81. The summed E-state index contributed by atoms with van der Waals surface area (Å²) in [5.41, 5.74) is 6.38. The molecule has 3 atom stereocenters. The molecule has 0 spiro atoms. The van der Waals surface area contributed by atoms with Crippen LogP contribution in [0.2, 0.25) is 0 Å². The number of ether oxygens (including phenoxy) is 1. The summed E-state index contributed by atoms with van der Waals surface area (Å²) in [6, 6.07) is 4.33. The molecular weight excluding hydrogens is 272 g/mol. The Morgan fingerprint density at radius 3 is 2.38 bits per heavy atom. The Morgan fingerprint density at radius 1 is 1.33 bits per heavy atom. The van der Waals surface area contributed by atoms with Gasteiger partial charge in [-0.05, 0) is 23.6 Å². The molecule has 116 valence electrons. The van der Waals surface area contributed by atoms with E-state index in [1.807, 2.05) is 13.8 Å². The minimum Gasteiger partial charge on any atom is -0.508 e. The maximum atomic E-state index is 12.1. The number of carbonyl (C=O) groups excluding carboxylic acids is 2. The van der Waals surface area contributed by atoms with Gasteiger partial charge in [-0.1, -0.05) is 32.4 Å². The van der Waals surface area contributed by atoms with E-state index >= 15 is 0 Å². The number of hydrogen-bond donors (Lipinski definition) is 3. The summed E-state index contributed by atoms with van der Waals surface area (Å²) in [5, 5.41) is 11.9. The average molecular weight is 294 g/mol. The second-order valence-electron chi connectivity index (χ2n) is 4.97. The van der Waals surface area contributed by atoms with Crippen molar-refractivity contribution >= 4 is 11.9 Å². The van der Waals surface area contributed by atoms with Gasteiger partial charge in [-0.25, -0.2) is 4.79 Å². The summed E-state index contributed by atoms with van der Waals surface area (Å²) in [6.45, 7) is 3.81. The number of rotatable bonds is 6. The molecule has 0 aliphatic rings. The molecule has 1 aromatic carbocycles. The molecule has 0 aliphatic carbocycles. The fourth-order valence-electron chi connectivity index (χ4n) is 1.81. The van der Waals surface area contributed by atoms with Gasteiger partial charge < -0.3 is 20.9 Å². The van der Waals surface area contributed by atoms with E-state index in [9.17, 15) is 14.7 Å². The van der Waals surface area contributed by atoms with Gasteiger partial charge in [-0.2, -0.15) is 0 Å². The quantitative estimate of drug-likeness (QED) is 0.682. The van der Waals surface area contributed by atoms with Crippen LogP contribution < -0.4 is 11.1 Å². The minimum atomic E-state index is -0.946. The smallest absolute Gasteiger partial charge is 0.333 e. The second-order valence-corrected chi connectivity index (χ2v) is 4.97. The molecule has 0 fully saturated rings. The summed E-state index contributed by atoms with van der Waals surface area (Å²) in [4.78, 5) is 24.0. The lowest BCUT2D eigenvalue weighted by Crippen LogP contribution is -2.47. The van der Waals surface area contributed by atoms with Crippen molar-refractivity contribution in [2.75, 3.05) is 7.11 Å². The van der Waals surface area contributed by atoms with Crippen LogP contribution in [0.3, 0.4) is 0 Å². The van der Waals surface area contributed by atoms with Crippen LogP contribution in [0.5, 0.6) is 5.75 Å². The van der Waals surface area contributed by atoms with E-state index < -0.39 is 24.0 Å². The van der Waals surface area contributed by atoms with Crippen molar-refractivity contribution in [2.24, 2.45) is 11.7 Å². The monoisotopic (exact) mass is 294 g/mol. The van der Waals surface area contributed by atoms with Crippen molar-refractivity contribution in [3.05, 3.63) is 29.8 Å². The predicted molar refractivity (Wildman–Crippen MR) is 78.4 cm³/mol. The normalized spacial score (nSPS) is 14.9. The number of aromatic hydroxyl groups is 1. The summed E-state index contributed by atoms with van der Waals surface area (Å²) in [7, 11) is 1.25. The summed E-state index contributed by atoms with van der Waals surface area (Å²) in [6.07, 6.45) is 0.761. The highest BCUT2D eigenvalue weighted by atomic mass is 16.5. The third-order valence-corrected chi connectivity index (χ3v) is 3.51. The molecule has 6 heteroatoms. The van der Waals surface area contributed by atoms with Crippen LogP contribution in [0, 0.1) is 5.92 Å². The molecule has 1 unspecified atom stereocenters. The summed E-state index contributed by atoms with van der Waals surface area (Å²) in [5.74, 6) is -0.925. The Labute approximate surface area is 124 Å². The topological polar surface area (TPSA) is 102 Å². The average Bonchev–Trinajstić information content (AvgIpc) is 2.51. The van der Waals surface area contributed by atoms with Crippen LogP contribution in [0.25, 0.3) is 0 Å². The van der Waals surface area contributed by atoms with Crippen molar-refractivity contribution in [3.8, 4) is 5.75 Å². The third-order valence-electron chi connectivity index (χ3n) is 3.51. The molecule has 21 heavy (non-hydrogen) atoms. The Morgan fingerprint density at radius 2 is 1.90 bits per heavy atom. The number of hydrogen-bond acceptors (Lipinski definition) is 5. The third kappa shape index (κ3) is 4.46. The van der Waals surface area contributed by atoms with E-state index in [1.54, 1.807) is 12.1 Å². The molecule has 0 aromatic heterocycles. The zero-order valence-electron chi connectivity index (χ0n) is 12.5. The van der Waals surface area contributed by atoms with Crippen molar-refractivity contribution in [2.45, 2.75) is 32.4 Å². The molecule has 4 N–H and O–H groups in total. The maximum absolute atomic E-state index is 12.1. The highest BCUT2D eigenvalue weighted by molar-refractivity contribution is 5.88. The SMILES string of the molecule is CC[C@H](C)[C@H](N)C(=O)NC(C(=O)OC)c1ccc(O)cc1. The molecule has 0 saturated heterocycles. The zero-order chi connectivity index (χ0) is 16.0. The van der Waals surface area contributed by atoms with Crippen molar-refractivity contribution in [3.63, 3.8) is 0 Å². The first kappa shape index (κ1) is 17.0. The van der Waals surface area contributed by atoms with Gasteiger partial charge in [-0.3, -0.25) is 4.79 Å². The van der Waals surface area contributed by atoms with Crippen molar-refractivity contribution in [1.82, 2.24) is 5.32 Å². The number of phenolic OH excluding ortho intramolecular Hbond substituents is 1. The molecule has 0 bridgehead atoms. The first-order chi connectivity index (χ1) is 9.90. The van der Waals surface area contributed by atoms with Gasteiger partial charge >= 0.3 is 5.97 Å². The minimum absolute atomic E-state index is 0.00288. The number of phenols is 1. The Bertz CT molecular complexity index is 487. The van der Waals surface area contributed by atoms with Gasteiger partial charge in [0.25, 0.3) is 0 Å². The summed E-state index contributed by atoms with van der Waals surface area (Å²) >= 11 is 0. The van der Waals surface area contributed by atoms with Gasteiger partial charge in [0.1, 0.15) is 5.75 Å². The van der Waals surface area contributed by atoms with Crippen LogP contribution in [0.4, 0.5) is 0 Å². The van der Waals surface area contributed by atoms with Crippen LogP contribution in [-0.2, 0) is 14.3 Å². The van der Waals surface area contributed by atoms with Gasteiger partial charge in [0.05, 0.1) is 13.2 Å². The molecule has 0 aliphatic heterocycles. The molecule has 0 radical (unpaired) electrons. The van der Waals surface area contributed by atoms with E-state index in [1.165, 1.54) is 19.2 Å². The predicted octanol–water partition coefficient (Wildman–Crippen LogP) is 1.10. The Kier molecular flexibility index (Phi) is 6.17. The largest absolute Gasteiger partial charge is 0.508 e. The lowest BCUT2D eigenvalue weighted by atomic mass is 9.98. The van der Waals surface area contributed by atoms with Crippen molar-refractivity contribution in [1.29, 1.82) is 0 Å². The fraction of sp³-hybridized carbons (Fsp3) is 0.467. The zero-order valence-corrected chi connectivity index (χ0v) is 12.5. The van der Waals surface area contributed by atoms with Crippen LogP contribution in [0.15, 0.2) is 24.3 Å². The number of methoxy groups -OCH3 is 1. The molecule has 1 amide bonds. The van der Waals surface area contributed by atoms with E-state index in [2.05, 4.69) is 5.32 Å². The number of nitrogens with two attached hydrogens (primary N) is 1. The van der Waals surface area contributed by atoms with E-state index in [-0.39, 0.29) is 11.7 Å². The van der Waals surface area contributed by atoms with Crippen molar-refractivity contribution < 1.29 is 19.4 Å². The number of amides is 1. The molecule has 6 nitrogen and oxygen atoms in total. The molecule has 1 rings (SSSR count). The van der Waals surface area contributed by atoms with Gasteiger partial charge in [-0.15, -0.1) is 0 Å². The highest BCUT2D eigenvalue weighted by Crippen LogP contribution is 2.19. The first-order valence-electron chi connectivity index (χ1n) is 6.83. The van der Waals surface area contributed by atoms with E-state index in [4.69, 9.17) is 10.5 Å². The lowest BCUT2D eigenvalue weighted by molar-refractivity contribution is -0.145. The first-order valence-corrected chi connectivity index (χ1v) is 6.83. The van der Waals surface area contributed by atoms with Crippen LogP contribution in [0.1, 0.15) is 31.9 Å². The van der Waals surface area contributed by atoms with E-state index in [0.717, 1.165) is 6.42 Å². The molecule has 0 saturated carbocycles. The molecule has 0 heterocycles.